The van der Waals surface area contributed by atoms with Crippen LogP contribution in [0, 0.1) is 0 Å². The molecule has 4 atom stereocenters. The van der Waals surface area contributed by atoms with Crippen LogP contribution in [0.1, 0.15) is 30.1 Å². The maximum absolute atomic E-state index is 12.2. The first-order chi connectivity index (χ1) is 16.0. The van der Waals surface area contributed by atoms with Crippen LogP contribution in [-0.2, 0) is 14.4 Å². The molecule has 2 rings (SSSR count). The van der Waals surface area contributed by atoms with Gasteiger partial charge >= 0.3 is 17.9 Å². The second-order valence-corrected chi connectivity index (χ2v) is 7.41. The van der Waals surface area contributed by atoms with Crippen LogP contribution >= 0.6 is 0 Å². The Morgan fingerprint density at radius 3 is 1.82 bits per heavy atom. The lowest BCUT2D eigenvalue weighted by Crippen LogP contribution is -2.57. The highest BCUT2D eigenvalue weighted by atomic mass is 16.4. The maximum atomic E-state index is 12.2. The van der Waals surface area contributed by atoms with Crippen molar-refractivity contribution < 1.29 is 45.0 Å². The van der Waals surface area contributed by atoms with Crippen molar-refractivity contribution in [1.82, 2.24) is 15.5 Å². The summed E-state index contributed by atoms with van der Waals surface area (Å²) < 4.78 is 0. The Balaban J connectivity index is 2.40. The standard InChI is InChI=1S/C22H27N3O9/c1-12(26)24-19(22(33)34)25(18(21(31)32)14-7-3-5-9-16(14)28)11-10-23-17(20(29)30)13-6-2-4-8-15(13)27/h2-9,12,17-19,23-24,26-28H,10-11H2,1H3,(H,29,30)(H,31,32)(H,33,34). The number of aliphatic hydroxyl groups is 1. The van der Waals surface area contributed by atoms with Gasteiger partial charge in [0.05, 0.1) is 0 Å². The van der Waals surface area contributed by atoms with Crippen molar-refractivity contribution in [1.29, 1.82) is 0 Å². The zero-order chi connectivity index (χ0) is 25.4. The fourth-order valence-electron chi connectivity index (χ4n) is 3.52. The van der Waals surface area contributed by atoms with Gasteiger partial charge in [0, 0.05) is 24.2 Å². The number of rotatable bonds is 13. The fourth-order valence-corrected chi connectivity index (χ4v) is 3.52. The number of hydrogen-bond donors (Lipinski definition) is 8. The fraction of sp³-hybridized carbons (Fsp3) is 0.318. The summed E-state index contributed by atoms with van der Waals surface area (Å²) in [7, 11) is 0. The highest BCUT2D eigenvalue weighted by Crippen LogP contribution is 2.30. The van der Waals surface area contributed by atoms with E-state index in [-0.39, 0.29) is 35.7 Å². The predicted octanol–water partition coefficient (Wildman–Crippen LogP) is 0.280. The average Bonchev–Trinajstić information content (AvgIpc) is 2.75. The van der Waals surface area contributed by atoms with Gasteiger partial charge in [0.15, 0.2) is 6.17 Å². The number of aliphatic carboxylic acids is 3. The van der Waals surface area contributed by atoms with Crippen molar-refractivity contribution in [2.45, 2.75) is 31.4 Å². The van der Waals surface area contributed by atoms with E-state index < -0.39 is 42.4 Å². The Morgan fingerprint density at radius 1 is 0.853 bits per heavy atom. The van der Waals surface area contributed by atoms with Gasteiger partial charge in [-0.15, -0.1) is 0 Å². The third-order valence-corrected chi connectivity index (χ3v) is 4.97. The van der Waals surface area contributed by atoms with Crippen LogP contribution in [0.4, 0.5) is 0 Å². The van der Waals surface area contributed by atoms with Crippen LogP contribution in [0.3, 0.4) is 0 Å². The molecule has 0 saturated heterocycles. The highest BCUT2D eigenvalue weighted by Gasteiger charge is 2.38. The van der Waals surface area contributed by atoms with E-state index in [1.165, 1.54) is 55.5 Å². The molecule has 2 aromatic rings. The molecule has 34 heavy (non-hydrogen) atoms. The van der Waals surface area contributed by atoms with Gasteiger partial charge in [0.2, 0.25) is 0 Å². The van der Waals surface area contributed by atoms with Crippen molar-refractivity contribution in [3.63, 3.8) is 0 Å². The molecule has 2 aromatic carbocycles. The minimum atomic E-state index is -1.71. The van der Waals surface area contributed by atoms with Crippen LogP contribution in [0.5, 0.6) is 11.5 Å². The Morgan fingerprint density at radius 2 is 1.38 bits per heavy atom. The molecule has 4 unspecified atom stereocenters. The number of aromatic hydroxyl groups is 2. The van der Waals surface area contributed by atoms with Crippen molar-refractivity contribution in [2.75, 3.05) is 13.1 Å². The molecule has 0 aliphatic carbocycles. The molecule has 184 valence electrons. The number of carboxylic acid groups (broad SMARTS) is 3. The normalized spacial score (nSPS) is 14.8. The second kappa shape index (κ2) is 12.0. The quantitative estimate of drug-likeness (QED) is 0.184. The number of carbonyl (C=O) groups is 3. The van der Waals surface area contributed by atoms with E-state index in [1.807, 2.05) is 0 Å². The number of nitrogens with one attached hydrogen (secondary N) is 2. The molecule has 12 nitrogen and oxygen atoms in total. The van der Waals surface area contributed by atoms with Crippen molar-refractivity contribution in [3.05, 3.63) is 59.7 Å². The van der Waals surface area contributed by atoms with Crippen molar-refractivity contribution >= 4 is 17.9 Å². The predicted molar refractivity (Wildman–Crippen MR) is 118 cm³/mol. The van der Waals surface area contributed by atoms with Crippen LogP contribution in [0.25, 0.3) is 0 Å². The number of hydrogen-bond acceptors (Lipinski definition) is 9. The number of phenolic OH excluding ortho intramolecular Hbond substituents is 2. The van der Waals surface area contributed by atoms with E-state index in [2.05, 4.69) is 10.6 Å². The molecule has 0 spiro atoms. The number of phenols is 2. The summed E-state index contributed by atoms with van der Waals surface area (Å²) in [5.74, 6) is -4.95. The lowest BCUT2D eigenvalue weighted by Gasteiger charge is -2.35. The molecule has 0 bridgehead atoms. The number of nitrogens with zero attached hydrogens (tertiary/aromatic N) is 1. The SMILES string of the molecule is CC(O)NC(C(=O)O)N(CCNC(C(=O)O)c1ccccc1O)C(C(=O)O)c1ccccc1O. The molecular weight excluding hydrogens is 450 g/mol. The van der Waals surface area contributed by atoms with E-state index in [0.29, 0.717) is 0 Å². The molecule has 12 heteroatoms. The van der Waals surface area contributed by atoms with Gasteiger partial charge in [0.1, 0.15) is 29.8 Å². The molecular formula is C22H27N3O9. The number of benzene rings is 2. The molecule has 0 fully saturated rings. The van der Waals surface area contributed by atoms with Gasteiger partial charge in [-0.3, -0.25) is 25.1 Å². The average molecular weight is 477 g/mol. The lowest BCUT2D eigenvalue weighted by molar-refractivity contribution is -0.154. The van der Waals surface area contributed by atoms with Gasteiger partial charge in [0.25, 0.3) is 0 Å². The molecule has 0 radical (unpaired) electrons. The zero-order valence-electron chi connectivity index (χ0n) is 18.2. The van der Waals surface area contributed by atoms with Crippen LogP contribution in [-0.4, -0.2) is 78.9 Å². The van der Waals surface area contributed by atoms with Crippen molar-refractivity contribution in [3.8, 4) is 11.5 Å². The molecule has 0 aromatic heterocycles. The van der Waals surface area contributed by atoms with E-state index in [0.717, 1.165) is 4.90 Å². The van der Waals surface area contributed by atoms with Crippen LogP contribution in [0.15, 0.2) is 48.5 Å². The third kappa shape index (κ3) is 6.65. The molecule has 8 N–H and O–H groups in total. The minimum absolute atomic E-state index is 0.0638. The Labute approximate surface area is 194 Å². The van der Waals surface area contributed by atoms with Crippen LogP contribution in [0.2, 0.25) is 0 Å². The smallest absolute Gasteiger partial charge is 0.336 e. The Bertz CT molecular complexity index is 1010. The van der Waals surface area contributed by atoms with Gasteiger partial charge < -0.3 is 30.6 Å². The monoisotopic (exact) mass is 477 g/mol. The first-order valence-corrected chi connectivity index (χ1v) is 10.2. The largest absolute Gasteiger partial charge is 0.508 e. The van der Waals surface area contributed by atoms with Crippen molar-refractivity contribution in [2.24, 2.45) is 0 Å². The van der Waals surface area contributed by atoms with E-state index >= 15 is 0 Å². The lowest BCUT2D eigenvalue weighted by atomic mass is 10.0. The summed E-state index contributed by atoms with van der Waals surface area (Å²) in [4.78, 5) is 36.9. The molecule has 0 aliphatic heterocycles. The van der Waals surface area contributed by atoms with Gasteiger partial charge in [-0.05, 0) is 19.1 Å². The topological polar surface area (TPSA) is 200 Å². The molecule has 0 heterocycles. The zero-order valence-corrected chi connectivity index (χ0v) is 18.2. The summed E-state index contributed by atoms with van der Waals surface area (Å²) in [6.45, 7) is 0.689. The molecule has 0 saturated carbocycles. The van der Waals surface area contributed by atoms with E-state index in [9.17, 15) is 45.0 Å². The summed E-state index contributed by atoms with van der Waals surface area (Å²) in [6.07, 6.45) is -3.04. The summed E-state index contributed by atoms with van der Waals surface area (Å²) in [6, 6.07) is 8.23. The molecule has 0 amide bonds. The highest BCUT2D eigenvalue weighted by molar-refractivity contribution is 5.79. The summed E-state index contributed by atoms with van der Waals surface area (Å²) in [5, 5.41) is 64.2. The van der Waals surface area contributed by atoms with Gasteiger partial charge in [-0.25, -0.2) is 4.79 Å². The number of carboxylic acids is 3. The third-order valence-electron chi connectivity index (χ3n) is 4.97. The van der Waals surface area contributed by atoms with E-state index in [1.54, 1.807) is 0 Å². The second-order valence-electron chi connectivity index (χ2n) is 7.41. The Kier molecular flexibility index (Phi) is 9.33. The minimum Gasteiger partial charge on any atom is -0.508 e. The summed E-state index contributed by atoms with van der Waals surface area (Å²) in [5.41, 5.74) is -0.0296. The van der Waals surface area contributed by atoms with Gasteiger partial charge in [-0.1, -0.05) is 36.4 Å². The number of para-hydroxylation sites is 2. The first kappa shape index (κ1) is 26.5. The van der Waals surface area contributed by atoms with Gasteiger partial charge in [-0.2, -0.15) is 0 Å². The summed E-state index contributed by atoms with van der Waals surface area (Å²) >= 11 is 0. The number of aliphatic hydroxyl groups excluding tert-OH is 1. The first-order valence-electron chi connectivity index (χ1n) is 10.2. The Hall–Kier alpha value is -3.71. The molecule has 0 aliphatic rings. The maximum Gasteiger partial charge on any atom is 0.336 e. The van der Waals surface area contributed by atoms with E-state index in [4.69, 9.17) is 0 Å². The van der Waals surface area contributed by atoms with Crippen LogP contribution < -0.4 is 10.6 Å².